The van der Waals surface area contributed by atoms with Gasteiger partial charge in [0.25, 0.3) is 5.91 Å². The third-order valence-electron chi connectivity index (χ3n) is 5.57. The molecule has 35 heavy (non-hydrogen) atoms. The van der Waals surface area contributed by atoms with Crippen molar-refractivity contribution in [3.63, 3.8) is 0 Å². The molecule has 2 aliphatic heterocycles. The van der Waals surface area contributed by atoms with Crippen molar-refractivity contribution in [3.8, 4) is 0 Å². The van der Waals surface area contributed by atoms with Crippen molar-refractivity contribution in [3.05, 3.63) is 125 Å². The summed E-state index contributed by atoms with van der Waals surface area (Å²) in [5, 5.41) is 4.22. The van der Waals surface area contributed by atoms with Crippen molar-refractivity contribution in [2.75, 3.05) is 0 Å². The number of hydrogen-bond donors (Lipinski definition) is 2. The number of amides is 1. The summed E-state index contributed by atoms with van der Waals surface area (Å²) in [6.45, 7) is 0. The second-order valence-corrected chi connectivity index (χ2v) is 7.85. The van der Waals surface area contributed by atoms with E-state index in [0.717, 1.165) is 24.3 Å². The molecule has 4 nitrogen and oxygen atoms in total. The summed E-state index contributed by atoms with van der Waals surface area (Å²) in [6.07, 6.45) is -1.70. The molecule has 0 aliphatic carbocycles. The molecular formula is C26H16F5N3O. The minimum Gasteiger partial charge on any atom is -0.339 e. The maximum atomic E-state index is 14.8. The topological polar surface area (TPSA) is 44.4 Å². The first-order valence-electron chi connectivity index (χ1n) is 10.4. The fraction of sp³-hybridized carbons (Fsp3) is 0.0385. The number of hydrazine groups is 1. The van der Waals surface area contributed by atoms with E-state index in [1.165, 1.54) is 35.4 Å². The number of benzene rings is 3. The summed E-state index contributed by atoms with van der Waals surface area (Å²) in [5.41, 5.74) is 4.35. The Bertz CT molecular complexity index is 1410. The monoisotopic (exact) mass is 481 g/mol. The molecule has 0 aromatic heterocycles. The molecule has 3 aromatic rings. The molecule has 0 saturated carbocycles. The van der Waals surface area contributed by atoms with Crippen LogP contribution in [-0.4, -0.2) is 10.9 Å². The van der Waals surface area contributed by atoms with Gasteiger partial charge in [-0.2, -0.15) is 13.2 Å². The van der Waals surface area contributed by atoms with Gasteiger partial charge in [0.2, 0.25) is 0 Å². The predicted octanol–water partition coefficient (Wildman–Crippen LogP) is 5.68. The molecule has 0 spiro atoms. The Morgan fingerprint density at radius 3 is 2.17 bits per heavy atom. The van der Waals surface area contributed by atoms with E-state index in [2.05, 4.69) is 10.7 Å². The maximum Gasteiger partial charge on any atom is 0.416 e. The molecule has 0 radical (unpaired) electrons. The average molecular weight is 481 g/mol. The van der Waals surface area contributed by atoms with Crippen LogP contribution in [0.2, 0.25) is 0 Å². The summed E-state index contributed by atoms with van der Waals surface area (Å²) in [6, 6.07) is 16.5. The number of halogens is 5. The molecule has 0 saturated heterocycles. The van der Waals surface area contributed by atoms with Crippen LogP contribution in [0.5, 0.6) is 0 Å². The van der Waals surface area contributed by atoms with E-state index in [1.54, 1.807) is 30.3 Å². The van der Waals surface area contributed by atoms with E-state index in [9.17, 15) is 26.7 Å². The fourth-order valence-corrected chi connectivity index (χ4v) is 3.87. The highest BCUT2D eigenvalue weighted by Crippen LogP contribution is 2.35. The van der Waals surface area contributed by atoms with Crippen LogP contribution in [-0.2, 0) is 11.0 Å². The van der Waals surface area contributed by atoms with E-state index >= 15 is 0 Å². The molecule has 176 valence electrons. The average Bonchev–Trinajstić information content (AvgIpc) is 2.83. The van der Waals surface area contributed by atoms with Crippen molar-refractivity contribution >= 4 is 22.9 Å². The zero-order valence-electron chi connectivity index (χ0n) is 17.8. The van der Waals surface area contributed by atoms with Crippen LogP contribution in [0.4, 0.5) is 22.0 Å². The van der Waals surface area contributed by atoms with Gasteiger partial charge in [-0.1, -0.05) is 42.5 Å². The van der Waals surface area contributed by atoms with E-state index < -0.39 is 29.3 Å². The van der Waals surface area contributed by atoms with E-state index in [0.29, 0.717) is 22.4 Å². The molecule has 0 bridgehead atoms. The number of nitrogens with zero attached hydrogens (tertiary/aromatic N) is 1. The van der Waals surface area contributed by atoms with Crippen LogP contribution in [0.15, 0.2) is 90.8 Å². The van der Waals surface area contributed by atoms with Gasteiger partial charge in [0, 0.05) is 28.8 Å². The summed E-state index contributed by atoms with van der Waals surface area (Å²) in [7, 11) is 0. The number of nitrogens with one attached hydrogen (secondary N) is 2. The highest BCUT2D eigenvalue weighted by molar-refractivity contribution is 6.03. The van der Waals surface area contributed by atoms with E-state index in [1.807, 2.05) is 0 Å². The normalized spacial score (nSPS) is 15.7. The molecule has 0 unspecified atom stereocenters. The zero-order chi connectivity index (χ0) is 24.7. The van der Waals surface area contributed by atoms with Crippen LogP contribution >= 0.6 is 0 Å². The highest BCUT2D eigenvalue weighted by Gasteiger charge is 2.32. The van der Waals surface area contributed by atoms with Crippen molar-refractivity contribution in [2.45, 2.75) is 6.18 Å². The number of carbonyl (C=O) groups excluding carboxylic acids is 1. The first kappa shape index (κ1) is 22.4. The van der Waals surface area contributed by atoms with Crippen molar-refractivity contribution < 1.29 is 26.7 Å². The first-order chi connectivity index (χ1) is 16.7. The summed E-state index contributed by atoms with van der Waals surface area (Å²) in [4.78, 5) is 13.0. The van der Waals surface area contributed by atoms with Gasteiger partial charge in [-0.15, -0.1) is 0 Å². The summed E-state index contributed by atoms with van der Waals surface area (Å²) >= 11 is 0. The van der Waals surface area contributed by atoms with Crippen LogP contribution in [0.3, 0.4) is 0 Å². The number of alkyl halides is 3. The van der Waals surface area contributed by atoms with Gasteiger partial charge in [-0.3, -0.25) is 10.2 Å². The Labute approximate surface area is 196 Å². The Morgan fingerprint density at radius 1 is 0.800 bits per heavy atom. The number of rotatable bonds is 3. The molecule has 2 aliphatic rings. The molecule has 3 aromatic carbocycles. The molecule has 0 atom stereocenters. The SMILES string of the molecule is O=C1C=C(c2ccc(C(F)(F)F)cc2)NC2=CC(c3ccc(F)cc3F)=C(c3ccccc3)NN12. The molecule has 2 N–H and O–H groups in total. The number of carbonyl (C=O) groups is 1. The Balaban J connectivity index is 1.58. The van der Waals surface area contributed by atoms with Crippen LogP contribution in [0.1, 0.15) is 22.3 Å². The molecule has 0 fully saturated rings. The lowest BCUT2D eigenvalue weighted by atomic mass is 9.97. The van der Waals surface area contributed by atoms with Gasteiger partial charge in [0.15, 0.2) is 0 Å². The highest BCUT2D eigenvalue weighted by atomic mass is 19.4. The summed E-state index contributed by atoms with van der Waals surface area (Å²) in [5.74, 6) is -1.78. The minimum absolute atomic E-state index is 0.102. The smallest absolute Gasteiger partial charge is 0.339 e. The van der Waals surface area contributed by atoms with Crippen LogP contribution in [0, 0.1) is 11.6 Å². The molecule has 1 amide bonds. The third kappa shape index (κ3) is 4.28. The van der Waals surface area contributed by atoms with Crippen LogP contribution in [0.25, 0.3) is 17.0 Å². The third-order valence-corrected chi connectivity index (χ3v) is 5.57. The first-order valence-corrected chi connectivity index (χ1v) is 10.4. The van der Waals surface area contributed by atoms with Crippen molar-refractivity contribution in [1.29, 1.82) is 0 Å². The van der Waals surface area contributed by atoms with Gasteiger partial charge in [-0.25, -0.2) is 13.8 Å². The lowest BCUT2D eigenvalue weighted by Crippen LogP contribution is -2.49. The second-order valence-electron chi connectivity index (χ2n) is 7.85. The maximum absolute atomic E-state index is 14.8. The van der Waals surface area contributed by atoms with Crippen LogP contribution < -0.4 is 10.7 Å². The quantitative estimate of drug-likeness (QED) is 0.473. The number of allylic oxidation sites excluding steroid dienone is 2. The molecule has 2 heterocycles. The zero-order valence-corrected chi connectivity index (χ0v) is 17.8. The Kier molecular flexibility index (Phi) is 5.39. The molecule has 5 rings (SSSR count). The standard InChI is InChI=1S/C26H16F5N3O/c27-18-10-11-19(21(28)12-18)20-13-23-32-22(15-6-8-17(9-7-15)26(29,30)31)14-24(35)34(23)33-25(20)16-4-2-1-3-5-16/h1-14,32-33H. The van der Waals surface area contributed by atoms with Gasteiger partial charge in [0.1, 0.15) is 17.5 Å². The van der Waals surface area contributed by atoms with Gasteiger partial charge < -0.3 is 5.32 Å². The van der Waals surface area contributed by atoms with Gasteiger partial charge in [-0.05, 0) is 35.9 Å². The second kappa shape index (κ2) is 8.43. The predicted molar refractivity (Wildman–Crippen MR) is 120 cm³/mol. The van der Waals surface area contributed by atoms with Gasteiger partial charge in [0.05, 0.1) is 17.0 Å². The van der Waals surface area contributed by atoms with Gasteiger partial charge >= 0.3 is 6.18 Å². The molecule has 9 heteroatoms. The Morgan fingerprint density at radius 2 is 1.51 bits per heavy atom. The molecular weight excluding hydrogens is 465 g/mol. The lowest BCUT2D eigenvalue weighted by Gasteiger charge is -2.36. The van der Waals surface area contributed by atoms with Crippen molar-refractivity contribution in [1.82, 2.24) is 15.8 Å². The lowest BCUT2D eigenvalue weighted by molar-refractivity contribution is -0.137. The van der Waals surface area contributed by atoms with Crippen molar-refractivity contribution in [2.24, 2.45) is 0 Å². The van der Waals surface area contributed by atoms with E-state index in [4.69, 9.17) is 0 Å². The number of hydrogen-bond acceptors (Lipinski definition) is 3. The minimum atomic E-state index is -4.48. The fourth-order valence-electron chi connectivity index (χ4n) is 3.87. The summed E-state index contributed by atoms with van der Waals surface area (Å²) < 4.78 is 67.1. The largest absolute Gasteiger partial charge is 0.416 e. The van der Waals surface area contributed by atoms with E-state index in [-0.39, 0.29) is 17.1 Å². The Hall–Kier alpha value is -4.40. The number of fused-ring (bicyclic) bond motifs is 1.